The largest absolute Gasteiger partial charge is 0.444 e. The van der Waals surface area contributed by atoms with Crippen molar-refractivity contribution in [3.63, 3.8) is 0 Å². The lowest BCUT2D eigenvalue weighted by Crippen LogP contribution is -2.37. The Balaban J connectivity index is 2.79. The Hall–Kier alpha value is -1.83. The van der Waals surface area contributed by atoms with Crippen molar-refractivity contribution in [2.75, 3.05) is 52.0 Å². The highest BCUT2D eigenvalue weighted by molar-refractivity contribution is 5.68. The number of anilines is 1. The predicted octanol–water partition coefficient (Wildman–Crippen LogP) is 2.31. The molecule has 1 atom stereocenters. The zero-order chi connectivity index (χ0) is 19.6. The normalized spacial score (nSPS) is 12.5. The molecule has 0 saturated heterocycles. The molecule has 1 aromatic carbocycles. The second-order valence-corrected chi connectivity index (χ2v) is 7.00. The van der Waals surface area contributed by atoms with Crippen LogP contribution in [-0.2, 0) is 14.2 Å². The first-order valence-electron chi connectivity index (χ1n) is 8.83. The summed E-state index contributed by atoms with van der Waals surface area (Å²) in [6.45, 7) is 8.59. The smallest absolute Gasteiger partial charge is 0.408 e. The Bertz CT molecular complexity index is 521. The minimum atomic E-state index is -0.545. The van der Waals surface area contributed by atoms with E-state index >= 15 is 0 Å². The summed E-state index contributed by atoms with van der Waals surface area (Å²) in [4.78, 5) is 14.2. The third-order valence-corrected chi connectivity index (χ3v) is 3.72. The topological polar surface area (TPSA) is 86.0 Å². The predicted molar refractivity (Wildman–Crippen MR) is 104 cm³/mol. The zero-order valence-corrected chi connectivity index (χ0v) is 16.6. The molecular weight excluding hydrogens is 334 g/mol. The molecule has 1 aromatic rings. The molecule has 148 valence electrons. The minimum Gasteiger partial charge on any atom is -0.444 e. The molecule has 0 heterocycles. The van der Waals surface area contributed by atoms with Gasteiger partial charge in [0, 0.05) is 39.5 Å². The quantitative estimate of drug-likeness (QED) is 0.660. The SMILES string of the molecule is COCCN(CCOC)c1ccc([C@@H](CN)NC(=O)OC(C)(C)C)cc1. The number of nitrogens with zero attached hydrogens (tertiary/aromatic N) is 1. The van der Waals surface area contributed by atoms with Gasteiger partial charge < -0.3 is 30.2 Å². The molecule has 0 fully saturated rings. The Morgan fingerprint density at radius 2 is 1.65 bits per heavy atom. The van der Waals surface area contributed by atoms with Crippen LogP contribution in [0, 0.1) is 0 Å². The standard InChI is InChI=1S/C19H33N3O4/c1-19(2,3)26-18(23)21-17(14-20)15-6-8-16(9-7-15)22(10-12-24-4)11-13-25-5/h6-9,17H,10-14,20H2,1-5H3,(H,21,23)/t17-/m1/s1. The van der Waals surface area contributed by atoms with Crippen molar-refractivity contribution in [3.8, 4) is 0 Å². The van der Waals surface area contributed by atoms with Gasteiger partial charge in [0.25, 0.3) is 0 Å². The van der Waals surface area contributed by atoms with Crippen molar-refractivity contribution in [2.24, 2.45) is 5.73 Å². The first-order valence-corrected chi connectivity index (χ1v) is 8.83. The van der Waals surface area contributed by atoms with Gasteiger partial charge in [-0.05, 0) is 38.5 Å². The van der Waals surface area contributed by atoms with Gasteiger partial charge in [0.1, 0.15) is 5.60 Å². The highest BCUT2D eigenvalue weighted by atomic mass is 16.6. The van der Waals surface area contributed by atoms with Gasteiger partial charge in [-0.25, -0.2) is 4.79 Å². The molecule has 0 aliphatic heterocycles. The average molecular weight is 367 g/mol. The minimum absolute atomic E-state index is 0.287. The molecule has 0 aliphatic carbocycles. The Labute approximate surface area is 156 Å². The van der Waals surface area contributed by atoms with Crippen LogP contribution in [0.5, 0.6) is 0 Å². The summed E-state index contributed by atoms with van der Waals surface area (Å²) in [6.07, 6.45) is -0.473. The van der Waals surface area contributed by atoms with Gasteiger partial charge in [-0.3, -0.25) is 0 Å². The van der Waals surface area contributed by atoms with E-state index in [1.165, 1.54) is 0 Å². The summed E-state index contributed by atoms with van der Waals surface area (Å²) in [7, 11) is 3.37. The molecule has 3 N–H and O–H groups in total. The molecule has 26 heavy (non-hydrogen) atoms. The molecule has 1 rings (SSSR count). The van der Waals surface area contributed by atoms with Crippen LogP contribution in [0.1, 0.15) is 32.4 Å². The molecule has 0 bridgehead atoms. The van der Waals surface area contributed by atoms with Crippen molar-refractivity contribution in [2.45, 2.75) is 32.4 Å². The molecule has 7 heteroatoms. The maximum atomic E-state index is 12.0. The van der Waals surface area contributed by atoms with Gasteiger partial charge in [0.05, 0.1) is 19.3 Å². The number of nitrogens with one attached hydrogen (secondary N) is 1. The number of carbonyl (C=O) groups is 1. The summed E-state index contributed by atoms with van der Waals surface area (Å²) < 4.78 is 15.7. The fourth-order valence-electron chi connectivity index (χ4n) is 2.42. The van der Waals surface area contributed by atoms with E-state index < -0.39 is 11.7 Å². The molecule has 0 radical (unpaired) electrons. The maximum Gasteiger partial charge on any atom is 0.408 e. The second kappa shape index (κ2) is 11.0. The first-order chi connectivity index (χ1) is 12.3. The third-order valence-electron chi connectivity index (χ3n) is 3.72. The monoisotopic (exact) mass is 367 g/mol. The molecule has 0 aliphatic rings. The number of amides is 1. The number of hydrogen-bond donors (Lipinski definition) is 2. The highest BCUT2D eigenvalue weighted by Gasteiger charge is 2.20. The fourth-order valence-corrected chi connectivity index (χ4v) is 2.42. The van der Waals surface area contributed by atoms with E-state index in [0.717, 1.165) is 24.3 Å². The number of methoxy groups -OCH3 is 2. The van der Waals surface area contributed by atoms with Gasteiger partial charge in [-0.1, -0.05) is 12.1 Å². The van der Waals surface area contributed by atoms with Crippen LogP contribution in [0.15, 0.2) is 24.3 Å². The molecular formula is C19H33N3O4. The number of rotatable bonds is 10. The van der Waals surface area contributed by atoms with Gasteiger partial charge in [-0.15, -0.1) is 0 Å². The van der Waals surface area contributed by atoms with Crippen LogP contribution < -0.4 is 16.0 Å². The lowest BCUT2D eigenvalue weighted by Gasteiger charge is -2.26. The van der Waals surface area contributed by atoms with Crippen molar-refractivity contribution in [3.05, 3.63) is 29.8 Å². The van der Waals surface area contributed by atoms with Crippen LogP contribution in [0.2, 0.25) is 0 Å². The van der Waals surface area contributed by atoms with E-state index in [-0.39, 0.29) is 12.6 Å². The van der Waals surface area contributed by atoms with Gasteiger partial charge >= 0.3 is 6.09 Å². The highest BCUT2D eigenvalue weighted by Crippen LogP contribution is 2.20. The maximum absolute atomic E-state index is 12.0. The van der Waals surface area contributed by atoms with E-state index in [1.54, 1.807) is 14.2 Å². The van der Waals surface area contributed by atoms with E-state index in [2.05, 4.69) is 10.2 Å². The van der Waals surface area contributed by atoms with Gasteiger partial charge in [-0.2, -0.15) is 0 Å². The summed E-state index contributed by atoms with van der Waals surface area (Å²) in [6, 6.07) is 7.67. The van der Waals surface area contributed by atoms with E-state index in [0.29, 0.717) is 13.2 Å². The third kappa shape index (κ3) is 8.03. The molecule has 7 nitrogen and oxygen atoms in total. The van der Waals surface area contributed by atoms with E-state index in [1.807, 2.05) is 45.0 Å². The molecule has 0 unspecified atom stereocenters. The summed E-state index contributed by atoms with van der Waals surface area (Å²) in [5.74, 6) is 0. The number of alkyl carbamates (subject to hydrolysis) is 1. The van der Waals surface area contributed by atoms with Crippen molar-refractivity contribution < 1.29 is 19.0 Å². The van der Waals surface area contributed by atoms with Crippen molar-refractivity contribution in [1.82, 2.24) is 5.32 Å². The number of hydrogen-bond acceptors (Lipinski definition) is 6. The van der Waals surface area contributed by atoms with Crippen LogP contribution in [-0.4, -0.2) is 58.8 Å². The van der Waals surface area contributed by atoms with E-state index in [4.69, 9.17) is 19.9 Å². The fraction of sp³-hybridized carbons (Fsp3) is 0.632. The van der Waals surface area contributed by atoms with Crippen LogP contribution in [0.3, 0.4) is 0 Å². The zero-order valence-electron chi connectivity index (χ0n) is 16.6. The number of ether oxygens (including phenoxy) is 3. The second-order valence-electron chi connectivity index (χ2n) is 7.00. The van der Waals surface area contributed by atoms with E-state index in [9.17, 15) is 4.79 Å². The van der Waals surface area contributed by atoms with Crippen molar-refractivity contribution >= 4 is 11.8 Å². The Morgan fingerprint density at radius 3 is 2.08 bits per heavy atom. The Kier molecular flexibility index (Phi) is 9.40. The molecule has 0 spiro atoms. The summed E-state index contributed by atoms with van der Waals surface area (Å²) in [5, 5.41) is 2.82. The molecule has 0 saturated carbocycles. The Morgan fingerprint density at radius 1 is 1.12 bits per heavy atom. The van der Waals surface area contributed by atoms with Crippen LogP contribution in [0.25, 0.3) is 0 Å². The van der Waals surface area contributed by atoms with Crippen LogP contribution in [0.4, 0.5) is 10.5 Å². The van der Waals surface area contributed by atoms with Crippen molar-refractivity contribution in [1.29, 1.82) is 0 Å². The average Bonchev–Trinajstić information content (AvgIpc) is 2.58. The number of nitrogens with two attached hydrogens (primary N) is 1. The summed E-state index contributed by atoms with van der Waals surface area (Å²) >= 11 is 0. The van der Waals surface area contributed by atoms with Crippen LogP contribution >= 0.6 is 0 Å². The lowest BCUT2D eigenvalue weighted by molar-refractivity contribution is 0.0505. The summed E-state index contributed by atoms with van der Waals surface area (Å²) in [5.41, 5.74) is 7.28. The van der Waals surface area contributed by atoms with Gasteiger partial charge in [0.2, 0.25) is 0 Å². The number of benzene rings is 1. The molecule has 0 aromatic heterocycles. The number of carbonyl (C=O) groups excluding carboxylic acids is 1. The lowest BCUT2D eigenvalue weighted by atomic mass is 10.1. The molecule has 1 amide bonds. The first kappa shape index (κ1) is 22.2. The van der Waals surface area contributed by atoms with Gasteiger partial charge in [0.15, 0.2) is 0 Å².